The van der Waals surface area contributed by atoms with Crippen LogP contribution in [0.25, 0.3) is 5.65 Å². The summed E-state index contributed by atoms with van der Waals surface area (Å²) in [5, 5.41) is 7.48. The van der Waals surface area contributed by atoms with Crippen molar-refractivity contribution in [2.45, 2.75) is 6.04 Å². The Morgan fingerprint density at radius 2 is 2.29 bits per heavy atom. The predicted molar refractivity (Wildman–Crippen MR) is 75.6 cm³/mol. The third kappa shape index (κ3) is 2.54. The number of carbonyl (C=O) groups excluding carboxylic acids is 1. The molecule has 1 unspecified atom stereocenters. The minimum atomic E-state index is -0.375. The van der Waals surface area contributed by atoms with Crippen LogP contribution in [-0.4, -0.2) is 65.2 Å². The number of carbonyl (C=O) groups is 1. The molecule has 8 heteroatoms. The van der Waals surface area contributed by atoms with Gasteiger partial charge in [0.1, 0.15) is 11.9 Å². The predicted octanol–water partition coefficient (Wildman–Crippen LogP) is -0.265. The molecule has 3 heterocycles. The lowest BCUT2D eigenvalue weighted by molar-refractivity contribution is -0.130. The first-order valence-electron chi connectivity index (χ1n) is 6.77. The van der Waals surface area contributed by atoms with Crippen molar-refractivity contribution in [2.24, 2.45) is 0 Å². The number of amides is 1. The van der Waals surface area contributed by atoms with Crippen molar-refractivity contribution in [1.29, 1.82) is 0 Å². The molecule has 0 radical (unpaired) electrons. The highest BCUT2D eigenvalue weighted by molar-refractivity contribution is 5.85. The molecule has 0 saturated carbocycles. The molecule has 1 amide bonds. The fourth-order valence-corrected chi connectivity index (χ4v) is 2.43. The highest BCUT2D eigenvalue weighted by atomic mass is 19.1. The number of fused-ring (bicyclic) bond motifs is 1. The van der Waals surface area contributed by atoms with Crippen LogP contribution in [0.4, 0.5) is 10.3 Å². The molecule has 21 heavy (non-hydrogen) atoms. The summed E-state index contributed by atoms with van der Waals surface area (Å²) >= 11 is 0. The molecule has 1 N–H and O–H groups in total. The lowest BCUT2D eigenvalue weighted by Gasteiger charge is -2.35. The molecule has 1 fully saturated rings. The minimum absolute atomic E-state index is 0.00719. The standard InChI is InChI=1S/C13H17FN6O/c1-18(2)12(21)10-7-15-5-6-19(10)13-16-11-4-3-9(14)8-20(11)17-13/h3-4,8,10,15H,5-7H2,1-2H3. The summed E-state index contributed by atoms with van der Waals surface area (Å²) in [6.07, 6.45) is 1.27. The Morgan fingerprint density at radius 3 is 3.05 bits per heavy atom. The van der Waals surface area contributed by atoms with E-state index in [2.05, 4.69) is 15.4 Å². The molecule has 7 nitrogen and oxygen atoms in total. The first-order valence-corrected chi connectivity index (χ1v) is 6.77. The molecule has 1 aliphatic rings. The molecule has 1 atom stereocenters. The number of likely N-dealkylation sites (N-methyl/N-ethyl adjacent to an activating group) is 1. The van der Waals surface area contributed by atoms with Gasteiger partial charge in [0.25, 0.3) is 0 Å². The van der Waals surface area contributed by atoms with Crippen molar-refractivity contribution >= 4 is 17.5 Å². The maximum atomic E-state index is 13.2. The van der Waals surface area contributed by atoms with E-state index in [0.717, 1.165) is 6.54 Å². The molecule has 0 aliphatic carbocycles. The highest BCUT2D eigenvalue weighted by Crippen LogP contribution is 2.16. The van der Waals surface area contributed by atoms with Crippen molar-refractivity contribution in [2.75, 3.05) is 38.6 Å². The largest absolute Gasteiger partial charge is 0.347 e. The van der Waals surface area contributed by atoms with E-state index in [1.54, 1.807) is 25.1 Å². The number of piperazine rings is 1. The van der Waals surface area contributed by atoms with Crippen LogP contribution in [0, 0.1) is 5.82 Å². The van der Waals surface area contributed by atoms with Crippen LogP contribution in [0.1, 0.15) is 0 Å². The summed E-state index contributed by atoms with van der Waals surface area (Å²) in [7, 11) is 3.45. The summed E-state index contributed by atoms with van der Waals surface area (Å²) < 4.78 is 14.6. The monoisotopic (exact) mass is 292 g/mol. The molecule has 1 aliphatic heterocycles. The van der Waals surface area contributed by atoms with Crippen LogP contribution < -0.4 is 10.2 Å². The summed E-state index contributed by atoms with van der Waals surface area (Å²) in [6.45, 7) is 1.92. The number of halogens is 1. The minimum Gasteiger partial charge on any atom is -0.347 e. The quantitative estimate of drug-likeness (QED) is 0.826. The van der Waals surface area contributed by atoms with Gasteiger partial charge < -0.3 is 15.1 Å². The second-order valence-electron chi connectivity index (χ2n) is 5.21. The van der Waals surface area contributed by atoms with E-state index in [4.69, 9.17) is 0 Å². The van der Waals surface area contributed by atoms with Gasteiger partial charge in [0.05, 0.1) is 6.20 Å². The van der Waals surface area contributed by atoms with Crippen LogP contribution in [0.15, 0.2) is 18.3 Å². The molecule has 0 spiro atoms. The Bertz CT molecular complexity index is 670. The maximum Gasteiger partial charge on any atom is 0.246 e. The normalized spacial score (nSPS) is 19.0. The van der Waals surface area contributed by atoms with E-state index in [1.807, 2.05) is 4.90 Å². The summed E-state index contributed by atoms with van der Waals surface area (Å²) in [6, 6.07) is 2.56. The van der Waals surface area contributed by atoms with Crippen molar-refractivity contribution in [3.63, 3.8) is 0 Å². The molecule has 1 saturated heterocycles. The van der Waals surface area contributed by atoms with Crippen LogP contribution in [-0.2, 0) is 4.79 Å². The van der Waals surface area contributed by atoms with Gasteiger partial charge >= 0.3 is 0 Å². The molecular weight excluding hydrogens is 275 g/mol. The average molecular weight is 292 g/mol. The summed E-state index contributed by atoms with van der Waals surface area (Å²) in [5.41, 5.74) is 0.556. The topological polar surface area (TPSA) is 65.8 Å². The first kappa shape index (κ1) is 13.7. The lowest BCUT2D eigenvalue weighted by atomic mass is 10.2. The van der Waals surface area contributed by atoms with Crippen LogP contribution in [0.2, 0.25) is 0 Å². The second-order valence-corrected chi connectivity index (χ2v) is 5.21. The number of hydrogen-bond acceptors (Lipinski definition) is 5. The van der Waals surface area contributed by atoms with Crippen LogP contribution in [0.3, 0.4) is 0 Å². The molecule has 0 bridgehead atoms. The third-order valence-electron chi connectivity index (χ3n) is 3.51. The van der Waals surface area contributed by atoms with Crippen LogP contribution >= 0.6 is 0 Å². The number of nitrogens with zero attached hydrogens (tertiary/aromatic N) is 5. The highest BCUT2D eigenvalue weighted by Gasteiger charge is 2.32. The maximum absolute atomic E-state index is 13.2. The van der Waals surface area contributed by atoms with Gasteiger partial charge in [0.15, 0.2) is 5.65 Å². The van der Waals surface area contributed by atoms with Gasteiger partial charge in [-0.25, -0.2) is 8.91 Å². The van der Waals surface area contributed by atoms with Gasteiger partial charge in [-0.2, -0.15) is 4.98 Å². The van der Waals surface area contributed by atoms with Gasteiger partial charge in [0, 0.05) is 33.7 Å². The van der Waals surface area contributed by atoms with E-state index in [1.165, 1.54) is 16.8 Å². The zero-order chi connectivity index (χ0) is 15.0. The first-order chi connectivity index (χ1) is 10.1. The van der Waals surface area contributed by atoms with E-state index in [-0.39, 0.29) is 17.8 Å². The third-order valence-corrected chi connectivity index (χ3v) is 3.51. The number of hydrogen-bond donors (Lipinski definition) is 1. The van der Waals surface area contributed by atoms with E-state index >= 15 is 0 Å². The van der Waals surface area contributed by atoms with E-state index in [0.29, 0.717) is 24.7 Å². The van der Waals surface area contributed by atoms with E-state index < -0.39 is 0 Å². The zero-order valence-electron chi connectivity index (χ0n) is 12.0. The molecule has 2 aromatic rings. The molecule has 3 rings (SSSR count). The van der Waals surface area contributed by atoms with Gasteiger partial charge in [0.2, 0.25) is 11.9 Å². The second kappa shape index (κ2) is 5.28. The van der Waals surface area contributed by atoms with Crippen LogP contribution in [0.5, 0.6) is 0 Å². The van der Waals surface area contributed by atoms with Gasteiger partial charge in [-0.05, 0) is 12.1 Å². The number of anilines is 1. The smallest absolute Gasteiger partial charge is 0.246 e. The molecule has 0 aromatic carbocycles. The number of rotatable bonds is 2. The van der Waals surface area contributed by atoms with Gasteiger partial charge in [-0.1, -0.05) is 0 Å². The van der Waals surface area contributed by atoms with Crippen molar-refractivity contribution in [3.8, 4) is 0 Å². The molecule has 112 valence electrons. The average Bonchev–Trinajstić information content (AvgIpc) is 2.89. The fraction of sp³-hybridized carbons (Fsp3) is 0.462. The van der Waals surface area contributed by atoms with Crippen molar-refractivity contribution in [3.05, 3.63) is 24.1 Å². The Balaban J connectivity index is 1.96. The van der Waals surface area contributed by atoms with Gasteiger partial charge in [-0.3, -0.25) is 4.79 Å². The fourth-order valence-electron chi connectivity index (χ4n) is 2.43. The Hall–Kier alpha value is -2.22. The summed E-state index contributed by atoms with van der Waals surface area (Å²) in [4.78, 5) is 20.1. The lowest BCUT2D eigenvalue weighted by Crippen LogP contribution is -2.58. The number of nitrogens with one attached hydrogen (secondary N) is 1. The molecular formula is C13H17FN6O. The van der Waals surface area contributed by atoms with E-state index in [9.17, 15) is 9.18 Å². The Kier molecular flexibility index (Phi) is 3.46. The zero-order valence-corrected chi connectivity index (χ0v) is 12.0. The SMILES string of the molecule is CN(C)C(=O)C1CNCCN1c1nc2ccc(F)cn2n1. The van der Waals surface area contributed by atoms with Gasteiger partial charge in [-0.15, -0.1) is 5.10 Å². The molecule has 2 aromatic heterocycles. The van der Waals surface area contributed by atoms with Crippen molar-refractivity contribution < 1.29 is 9.18 Å². The Morgan fingerprint density at radius 1 is 1.48 bits per heavy atom. The number of aromatic nitrogens is 3. The number of pyridine rings is 1. The summed E-state index contributed by atoms with van der Waals surface area (Å²) in [5.74, 6) is 0.0646. The van der Waals surface area contributed by atoms with Crippen molar-refractivity contribution in [1.82, 2.24) is 24.8 Å². The Labute approximate surface area is 121 Å².